The van der Waals surface area contributed by atoms with Gasteiger partial charge in [-0.05, 0) is 93.5 Å². The molecule has 4 aromatic rings. The molecule has 11 nitrogen and oxygen atoms in total. The van der Waals surface area contributed by atoms with Crippen molar-refractivity contribution in [3.63, 3.8) is 0 Å². The highest BCUT2D eigenvalue weighted by Crippen LogP contribution is 2.32. The van der Waals surface area contributed by atoms with Gasteiger partial charge in [0.05, 0.1) is 48.4 Å². The highest BCUT2D eigenvalue weighted by Gasteiger charge is 2.34. The number of carbonyl (C=O) groups is 2. The van der Waals surface area contributed by atoms with Gasteiger partial charge >= 0.3 is 0 Å². The van der Waals surface area contributed by atoms with Crippen molar-refractivity contribution in [2.24, 2.45) is 5.92 Å². The molecule has 0 unspecified atom stereocenters. The van der Waals surface area contributed by atoms with Crippen LogP contribution in [0.4, 0.5) is 5.82 Å². The Labute approximate surface area is 280 Å². The number of carbonyl (C=O) groups excluding carboxylic acids is 2. The number of benzene rings is 1. The molecule has 246 valence electrons. The predicted molar refractivity (Wildman–Crippen MR) is 182 cm³/mol. The summed E-state index contributed by atoms with van der Waals surface area (Å²) in [4.78, 5) is 47.2. The molecule has 7 rings (SSSR count). The summed E-state index contributed by atoms with van der Waals surface area (Å²) in [5, 5.41) is 13.6. The Kier molecular flexibility index (Phi) is 8.77. The van der Waals surface area contributed by atoms with Gasteiger partial charge in [0.2, 0.25) is 5.91 Å². The fraction of sp³-hybridized carbons (Fsp3) is 0.405. The number of hydrogen-bond donors (Lipinski definition) is 1. The van der Waals surface area contributed by atoms with Gasteiger partial charge in [-0.15, -0.1) is 0 Å². The SMILES string of the molecule is CN1CCC(C(=O)N2CCN(c3cccc(-c4ccc5cnc(CNC(=O)c6ccc7c(c6)[C@](C)(C#N)COC7)cc5n4)n3)CC2)CC1. The van der Waals surface area contributed by atoms with Crippen LogP contribution in [0.25, 0.3) is 22.3 Å². The molecule has 48 heavy (non-hydrogen) atoms. The number of nitriles is 1. The number of nitrogens with one attached hydrogen (secondary N) is 1. The van der Waals surface area contributed by atoms with Gasteiger partial charge in [0.15, 0.2) is 0 Å². The molecule has 0 aliphatic carbocycles. The molecule has 1 aromatic carbocycles. The minimum absolute atomic E-state index is 0.146. The maximum atomic E-state index is 13.1. The van der Waals surface area contributed by atoms with Crippen molar-refractivity contribution in [1.82, 2.24) is 30.1 Å². The number of piperazine rings is 1. The van der Waals surface area contributed by atoms with Gasteiger partial charge in [0.25, 0.3) is 5.91 Å². The Morgan fingerprint density at radius 2 is 1.79 bits per heavy atom. The molecule has 2 fully saturated rings. The molecular weight excluding hydrogens is 604 g/mol. The number of hydrogen-bond acceptors (Lipinski definition) is 9. The molecule has 3 aliphatic rings. The van der Waals surface area contributed by atoms with Crippen molar-refractivity contribution in [3.05, 3.63) is 83.2 Å². The van der Waals surface area contributed by atoms with Crippen molar-refractivity contribution < 1.29 is 14.3 Å². The lowest BCUT2D eigenvalue weighted by molar-refractivity contribution is -0.137. The van der Waals surface area contributed by atoms with Crippen LogP contribution in [-0.4, -0.2) is 89.5 Å². The van der Waals surface area contributed by atoms with Crippen LogP contribution in [0.15, 0.2) is 60.8 Å². The van der Waals surface area contributed by atoms with Crippen molar-refractivity contribution in [3.8, 4) is 17.5 Å². The van der Waals surface area contributed by atoms with E-state index < -0.39 is 5.41 Å². The Morgan fingerprint density at radius 1 is 1.00 bits per heavy atom. The van der Waals surface area contributed by atoms with Crippen LogP contribution in [0.3, 0.4) is 0 Å². The Balaban J connectivity index is 1.01. The predicted octanol–water partition coefficient (Wildman–Crippen LogP) is 3.92. The zero-order chi connectivity index (χ0) is 33.3. The summed E-state index contributed by atoms with van der Waals surface area (Å²) >= 11 is 0. The van der Waals surface area contributed by atoms with Gasteiger partial charge in [0.1, 0.15) is 11.2 Å². The van der Waals surface area contributed by atoms with E-state index in [1.165, 1.54) is 0 Å². The molecule has 2 saturated heterocycles. The number of ether oxygens (including phenoxy) is 1. The second-order valence-corrected chi connectivity index (χ2v) is 13.3. The largest absolute Gasteiger partial charge is 0.375 e. The number of fused-ring (bicyclic) bond motifs is 2. The van der Waals surface area contributed by atoms with E-state index in [2.05, 4.69) is 33.2 Å². The minimum atomic E-state index is -0.789. The second kappa shape index (κ2) is 13.3. The molecular formula is C37H40N8O3. The van der Waals surface area contributed by atoms with E-state index >= 15 is 0 Å². The molecule has 3 aromatic heterocycles. The average molecular weight is 645 g/mol. The van der Waals surface area contributed by atoms with Crippen LogP contribution in [-0.2, 0) is 28.1 Å². The lowest BCUT2D eigenvalue weighted by atomic mass is 9.79. The van der Waals surface area contributed by atoms with E-state index in [9.17, 15) is 14.9 Å². The lowest BCUT2D eigenvalue weighted by Crippen LogP contribution is -2.51. The van der Waals surface area contributed by atoms with Crippen LogP contribution in [0.5, 0.6) is 0 Å². The molecule has 1 atom stereocenters. The van der Waals surface area contributed by atoms with Crippen LogP contribution in [0.2, 0.25) is 0 Å². The van der Waals surface area contributed by atoms with Gasteiger partial charge in [-0.1, -0.05) is 12.1 Å². The maximum Gasteiger partial charge on any atom is 0.251 e. The summed E-state index contributed by atoms with van der Waals surface area (Å²) in [6.45, 7) is 7.68. The number of nitrogens with zero attached hydrogens (tertiary/aromatic N) is 7. The van der Waals surface area contributed by atoms with E-state index in [1.807, 2.05) is 54.3 Å². The summed E-state index contributed by atoms with van der Waals surface area (Å²) in [6, 6.07) is 19.6. The van der Waals surface area contributed by atoms with Gasteiger partial charge < -0.3 is 24.8 Å². The lowest BCUT2D eigenvalue weighted by Gasteiger charge is -2.38. The number of piperidine rings is 1. The third-order valence-corrected chi connectivity index (χ3v) is 9.90. The summed E-state index contributed by atoms with van der Waals surface area (Å²) in [5.74, 6) is 1.09. The molecule has 0 saturated carbocycles. The topological polar surface area (TPSA) is 128 Å². The molecule has 0 radical (unpaired) electrons. The first-order valence-electron chi connectivity index (χ1n) is 16.7. The molecule has 3 aliphatic heterocycles. The Hall–Kier alpha value is -4.92. The fourth-order valence-electron chi connectivity index (χ4n) is 6.87. The first-order valence-corrected chi connectivity index (χ1v) is 16.7. The molecule has 0 bridgehead atoms. The van der Waals surface area contributed by atoms with Gasteiger partial charge in [-0.25, -0.2) is 9.97 Å². The summed E-state index contributed by atoms with van der Waals surface area (Å²) in [6.07, 6.45) is 3.65. The third-order valence-electron chi connectivity index (χ3n) is 9.90. The van der Waals surface area contributed by atoms with Gasteiger partial charge in [-0.3, -0.25) is 14.6 Å². The maximum absolute atomic E-state index is 13.1. The van der Waals surface area contributed by atoms with Crippen LogP contribution >= 0.6 is 0 Å². The Morgan fingerprint density at radius 3 is 2.58 bits per heavy atom. The third kappa shape index (κ3) is 6.46. The van der Waals surface area contributed by atoms with Gasteiger partial charge in [0, 0.05) is 49.2 Å². The standard InChI is InChI=1S/C37H40N8O3/c1-37(23-38)24-48-22-28-7-6-26(18-30(28)37)35(46)40-21-29-19-33-27(20-39-29)8-9-32(41-33)31-4-3-5-34(42-31)44-14-16-45(17-15-44)36(47)25-10-12-43(2)13-11-25/h3-9,18-20,25H,10-17,21-22,24H2,1-2H3,(H,40,46)/t37-/m1/s1. The summed E-state index contributed by atoms with van der Waals surface area (Å²) in [7, 11) is 2.12. The van der Waals surface area contributed by atoms with E-state index in [4.69, 9.17) is 14.7 Å². The van der Waals surface area contributed by atoms with E-state index in [0.29, 0.717) is 43.5 Å². The Bertz CT molecular complexity index is 1890. The first-order chi connectivity index (χ1) is 23.3. The quantitative estimate of drug-likeness (QED) is 0.332. The minimum Gasteiger partial charge on any atom is -0.375 e. The zero-order valence-corrected chi connectivity index (χ0v) is 27.5. The highest BCUT2D eigenvalue weighted by atomic mass is 16.5. The second-order valence-electron chi connectivity index (χ2n) is 13.3. The zero-order valence-electron chi connectivity index (χ0n) is 27.5. The number of amides is 2. The number of rotatable bonds is 6. The smallest absolute Gasteiger partial charge is 0.251 e. The summed E-state index contributed by atoms with van der Waals surface area (Å²) in [5.41, 5.74) is 4.44. The van der Waals surface area contributed by atoms with Crippen molar-refractivity contribution >= 4 is 28.5 Å². The summed E-state index contributed by atoms with van der Waals surface area (Å²) < 4.78 is 5.59. The van der Waals surface area contributed by atoms with Crippen molar-refractivity contribution in [2.45, 2.75) is 38.3 Å². The molecule has 0 spiro atoms. The average Bonchev–Trinajstić information content (AvgIpc) is 3.13. The molecule has 1 N–H and O–H groups in total. The highest BCUT2D eigenvalue weighted by molar-refractivity contribution is 5.94. The van der Waals surface area contributed by atoms with Crippen LogP contribution < -0.4 is 10.2 Å². The first kappa shape index (κ1) is 31.7. The molecule has 2 amide bonds. The molecule has 11 heteroatoms. The number of aromatic nitrogens is 3. The van der Waals surface area contributed by atoms with Crippen LogP contribution in [0, 0.1) is 17.2 Å². The van der Waals surface area contributed by atoms with E-state index in [0.717, 1.165) is 78.3 Å². The fourth-order valence-corrected chi connectivity index (χ4v) is 6.87. The van der Waals surface area contributed by atoms with Gasteiger partial charge in [-0.2, -0.15) is 5.26 Å². The molecule has 6 heterocycles. The monoisotopic (exact) mass is 644 g/mol. The van der Waals surface area contributed by atoms with Crippen LogP contribution in [0.1, 0.15) is 46.9 Å². The number of pyridine rings is 3. The normalized spacial score (nSPS) is 20.3. The number of likely N-dealkylation sites (tertiary alicyclic amines) is 1. The van der Waals surface area contributed by atoms with E-state index in [1.54, 1.807) is 18.3 Å². The van der Waals surface area contributed by atoms with E-state index in [-0.39, 0.29) is 18.4 Å². The van der Waals surface area contributed by atoms with Crippen molar-refractivity contribution in [2.75, 3.05) is 57.8 Å². The number of anilines is 1. The van der Waals surface area contributed by atoms with Crippen molar-refractivity contribution in [1.29, 1.82) is 5.26 Å².